The SMILES string of the molecule is Cc1cccc(N2C[C@H](C(=O)Oc3cccc(N4C(=O)[C@@H]5[C@@H](C)C=CC[C@H]5C4=O)c3)CC2=O)c1C. The van der Waals surface area contributed by atoms with E-state index in [-0.39, 0.29) is 54.2 Å². The number of benzene rings is 2. The second-order valence-electron chi connectivity index (χ2n) is 9.71. The van der Waals surface area contributed by atoms with E-state index < -0.39 is 11.9 Å². The first kappa shape index (κ1) is 23.0. The third-order valence-electron chi connectivity index (χ3n) is 7.49. The summed E-state index contributed by atoms with van der Waals surface area (Å²) >= 11 is 0. The second kappa shape index (κ2) is 8.80. The molecule has 1 aliphatic carbocycles. The summed E-state index contributed by atoms with van der Waals surface area (Å²) in [6.07, 6.45) is 4.57. The van der Waals surface area contributed by atoms with Crippen LogP contribution in [-0.4, -0.2) is 30.2 Å². The maximum Gasteiger partial charge on any atom is 0.316 e. The molecule has 0 radical (unpaired) electrons. The minimum absolute atomic E-state index is 0.00361. The fourth-order valence-electron chi connectivity index (χ4n) is 5.41. The smallest absolute Gasteiger partial charge is 0.316 e. The lowest BCUT2D eigenvalue weighted by atomic mass is 9.78. The van der Waals surface area contributed by atoms with Gasteiger partial charge in [0.1, 0.15) is 5.75 Å². The Morgan fingerprint density at radius 1 is 1.03 bits per heavy atom. The molecule has 0 aromatic heterocycles. The highest BCUT2D eigenvalue weighted by molar-refractivity contribution is 6.22. The largest absolute Gasteiger partial charge is 0.426 e. The van der Waals surface area contributed by atoms with Gasteiger partial charge in [-0.2, -0.15) is 0 Å². The molecule has 0 spiro atoms. The van der Waals surface area contributed by atoms with Crippen molar-refractivity contribution >= 4 is 35.1 Å². The van der Waals surface area contributed by atoms with Crippen LogP contribution in [0.3, 0.4) is 0 Å². The Morgan fingerprint density at radius 3 is 2.57 bits per heavy atom. The standard InChI is InChI=1S/C28H28N2O5/c1-16-7-5-12-23(18(16)3)29-15-19(13-24(29)31)28(34)35-21-10-6-9-20(14-21)30-26(32)22-11-4-8-17(2)25(22)27(30)33/h4-10,12,14,17,19,22,25H,11,13,15H2,1-3H3/t17-,19+,22+,25+/m0/s1. The first-order chi connectivity index (χ1) is 16.8. The molecule has 2 saturated heterocycles. The van der Waals surface area contributed by atoms with Crippen molar-refractivity contribution in [2.24, 2.45) is 23.7 Å². The average Bonchev–Trinajstić information content (AvgIpc) is 3.34. The van der Waals surface area contributed by atoms with Crippen LogP contribution in [0.2, 0.25) is 0 Å². The summed E-state index contributed by atoms with van der Waals surface area (Å²) in [6, 6.07) is 12.3. The van der Waals surface area contributed by atoms with Crippen LogP contribution < -0.4 is 14.5 Å². The van der Waals surface area contributed by atoms with Crippen molar-refractivity contribution < 1.29 is 23.9 Å². The van der Waals surface area contributed by atoms with Gasteiger partial charge < -0.3 is 9.64 Å². The van der Waals surface area contributed by atoms with Gasteiger partial charge in [0.25, 0.3) is 0 Å². The molecule has 4 atom stereocenters. The van der Waals surface area contributed by atoms with Crippen molar-refractivity contribution in [3.8, 4) is 5.75 Å². The summed E-state index contributed by atoms with van der Waals surface area (Å²) in [6.45, 7) is 6.15. The van der Waals surface area contributed by atoms with Crippen molar-refractivity contribution in [2.45, 2.75) is 33.6 Å². The molecule has 2 aliphatic heterocycles. The molecule has 2 aromatic rings. The van der Waals surface area contributed by atoms with Crippen molar-refractivity contribution in [3.63, 3.8) is 0 Å². The normalized spacial score (nSPS) is 25.9. The highest BCUT2D eigenvalue weighted by Crippen LogP contribution is 2.41. The fourth-order valence-corrected chi connectivity index (χ4v) is 5.41. The molecule has 0 bridgehead atoms. The van der Waals surface area contributed by atoms with E-state index in [2.05, 4.69) is 0 Å². The number of fused-ring (bicyclic) bond motifs is 1. The molecule has 2 aromatic carbocycles. The van der Waals surface area contributed by atoms with Crippen LogP contribution >= 0.6 is 0 Å². The number of carbonyl (C=O) groups is 4. The summed E-state index contributed by atoms with van der Waals surface area (Å²) in [5.41, 5.74) is 3.29. The van der Waals surface area contributed by atoms with Gasteiger partial charge in [0, 0.05) is 24.7 Å². The van der Waals surface area contributed by atoms with Crippen LogP contribution in [0.1, 0.15) is 30.9 Å². The zero-order valence-corrected chi connectivity index (χ0v) is 20.1. The van der Waals surface area contributed by atoms with Gasteiger partial charge in [-0.05, 0) is 55.5 Å². The summed E-state index contributed by atoms with van der Waals surface area (Å²) < 4.78 is 5.62. The number of anilines is 2. The first-order valence-corrected chi connectivity index (χ1v) is 12.0. The predicted molar refractivity (Wildman–Crippen MR) is 131 cm³/mol. The van der Waals surface area contributed by atoms with Gasteiger partial charge >= 0.3 is 5.97 Å². The molecule has 0 unspecified atom stereocenters. The molecule has 3 aliphatic rings. The van der Waals surface area contributed by atoms with E-state index in [0.29, 0.717) is 12.1 Å². The van der Waals surface area contributed by atoms with E-state index in [0.717, 1.165) is 16.8 Å². The number of esters is 1. The summed E-state index contributed by atoms with van der Waals surface area (Å²) in [7, 11) is 0. The van der Waals surface area contributed by atoms with E-state index in [1.807, 2.05) is 51.1 Å². The number of allylic oxidation sites excluding steroid dienone is 2. The van der Waals surface area contributed by atoms with Crippen molar-refractivity contribution in [1.29, 1.82) is 0 Å². The Hall–Kier alpha value is -3.74. The number of ether oxygens (including phenoxy) is 1. The number of imide groups is 1. The lowest BCUT2D eigenvalue weighted by Crippen LogP contribution is -2.31. The Balaban J connectivity index is 1.31. The second-order valence-corrected chi connectivity index (χ2v) is 9.71. The lowest BCUT2D eigenvalue weighted by Gasteiger charge is -2.22. The van der Waals surface area contributed by atoms with Gasteiger partial charge in [-0.25, -0.2) is 4.90 Å². The molecule has 7 heteroatoms. The minimum Gasteiger partial charge on any atom is -0.426 e. The van der Waals surface area contributed by atoms with Gasteiger partial charge in [0.2, 0.25) is 17.7 Å². The highest BCUT2D eigenvalue weighted by Gasteiger charge is 2.50. The third kappa shape index (κ3) is 3.95. The molecular formula is C28H28N2O5. The zero-order valence-electron chi connectivity index (χ0n) is 20.1. The molecule has 0 saturated carbocycles. The van der Waals surface area contributed by atoms with Gasteiger partial charge in [-0.3, -0.25) is 19.2 Å². The van der Waals surface area contributed by atoms with E-state index in [1.54, 1.807) is 29.2 Å². The van der Waals surface area contributed by atoms with Gasteiger partial charge in [-0.15, -0.1) is 0 Å². The summed E-state index contributed by atoms with van der Waals surface area (Å²) in [5, 5.41) is 0. The van der Waals surface area contributed by atoms with Gasteiger partial charge in [0.15, 0.2) is 0 Å². The molecule has 2 fully saturated rings. The zero-order chi connectivity index (χ0) is 24.9. The Kier molecular flexibility index (Phi) is 5.79. The quantitative estimate of drug-likeness (QED) is 0.291. The van der Waals surface area contributed by atoms with Crippen LogP contribution in [-0.2, 0) is 19.2 Å². The number of carbonyl (C=O) groups excluding carboxylic acids is 4. The Morgan fingerprint density at radius 2 is 1.80 bits per heavy atom. The summed E-state index contributed by atoms with van der Waals surface area (Å²) in [5.74, 6) is -2.13. The van der Waals surface area contributed by atoms with E-state index in [4.69, 9.17) is 4.74 Å². The van der Waals surface area contributed by atoms with Crippen molar-refractivity contribution in [2.75, 3.05) is 16.3 Å². The van der Waals surface area contributed by atoms with Crippen molar-refractivity contribution in [1.82, 2.24) is 0 Å². The molecular weight excluding hydrogens is 444 g/mol. The van der Waals surface area contributed by atoms with Crippen LogP contribution in [0.4, 0.5) is 11.4 Å². The molecule has 180 valence electrons. The fraction of sp³-hybridized carbons (Fsp3) is 0.357. The minimum atomic E-state index is -0.601. The van der Waals surface area contributed by atoms with E-state index in [9.17, 15) is 19.2 Å². The first-order valence-electron chi connectivity index (χ1n) is 12.0. The number of amides is 3. The van der Waals surface area contributed by atoms with Gasteiger partial charge in [0.05, 0.1) is 23.4 Å². The van der Waals surface area contributed by atoms with Crippen LogP contribution in [0.5, 0.6) is 5.75 Å². The lowest BCUT2D eigenvalue weighted by molar-refractivity contribution is -0.139. The predicted octanol–water partition coefficient (Wildman–Crippen LogP) is 3.96. The maximum atomic E-state index is 13.1. The van der Waals surface area contributed by atoms with E-state index in [1.165, 1.54) is 4.90 Å². The highest BCUT2D eigenvalue weighted by atomic mass is 16.5. The average molecular weight is 473 g/mol. The molecule has 7 nitrogen and oxygen atoms in total. The number of nitrogens with zero attached hydrogens (tertiary/aromatic N) is 2. The Bertz CT molecular complexity index is 1270. The van der Waals surface area contributed by atoms with Gasteiger partial charge in [-0.1, -0.05) is 37.3 Å². The number of hydrogen-bond acceptors (Lipinski definition) is 5. The number of aryl methyl sites for hydroxylation is 1. The third-order valence-corrected chi connectivity index (χ3v) is 7.49. The Labute approximate surface area is 204 Å². The number of hydrogen-bond donors (Lipinski definition) is 0. The number of rotatable bonds is 4. The monoisotopic (exact) mass is 472 g/mol. The van der Waals surface area contributed by atoms with Crippen molar-refractivity contribution in [3.05, 3.63) is 65.7 Å². The summed E-state index contributed by atoms with van der Waals surface area (Å²) in [4.78, 5) is 54.6. The topological polar surface area (TPSA) is 84.0 Å². The van der Waals surface area contributed by atoms with E-state index >= 15 is 0 Å². The molecule has 35 heavy (non-hydrogen) atoms. The molecule has 0 N–H and O–H groups in total. The maximum absolute atomic E-state index is 13.1. The molecule has 2 heterocycles. The van der Waals surface area contributed by atoms with Crippen LogP contribution in [0.15, 0.2) is 54.6 Å². The van der Waals surface area contributed by atoms with Crippen LogP contribution in [0, 0.1) is 37.5 Å². The van der Waals surface area contributed by atoms with Crippen LogP contribution in [0.25, 0.3) is 0 Å². The molecule has 3 amide bonds. The molecule has 5 rings (SSSR count).